The molecule has 3 rings (SSSR count). The molecule has 0 aliphatic carbocycles. The monoisotopic (exact) mass is 184 g/mol. The van der Waals surface area contributed by atoms with Crippen LogP contribution in [0.2, 0.25) is 0 Å². The van der Waals surface area contributed by atoms with Gasteiger partial charge in [0.2, 0.25) is 6.29 Å². The van der Waals surface area contributed by atoms with E-state index >= 15 is 0 Å². The van der Waals surface area contributed by atoms with Gasteiger partial charge in [0, 0.05) is 7.11 Å². The lowest BCUT2D eigenvalue weighted by atomic mass is 9.81. The molecule has 0 aromatic carbocycles. The molecule has 0 saturated carbocycles. The van der Waals surface area contributed by atoms with Gasteiger partial charge in [-0.1, -0.05) is 0 Å². The van der Waals surface area contributed by atoms with Crippen molar-refractivity contribution < 1.29 is 19.0 Å². The van der Waals surface area contributed by atoms with Crippen molar-refractivity contribution in [2.45, 2.75) is 31.3 Å². The van der Waals surface area contributed by atoms with E-state index in [2.05, 4.69) is 0 Å². The van der Waals surface area contributed by atoms with Crippen LogP contribution in [0.5, 0.6) is 0 Å². The van der Waals surface area contributed by atoms with E-state index in [9.17, 15) is 4.79 Å². The van der Waals surface area contributed by atoms with Crippen LogP contribution in [0.3, 0.4) is 0 Å². The Morgan fingerprint density at radius 3 is 2.92 bits per heavy atom. The molecule has 3 saturated heterocycles. The zero-order chi connectivity index (χ0) is 9.00. The smallest absolute Gasteiger partial charge is 0.314 e. The quantitative estimate of drug-likeness (QED) is 0.550. The fraction of sp³-hybridized carbons (Fsp3) is 0.889. The Morgan fingerprint density at radius 1 is 1.38 bits per heavy atom. The normalized spacial score (nSPS) is 52.4. The molecule has 0 spiro atoms. The maximum atomic E-state index is 11.4. The minimum atomic E-state index is -0.368. The van der Waals surface area contributed by atoms with Crippen molar-refractivity contribution in [3.8, 4) is 0 Å². The summed E-state index contributed by atoms with van der Waals surface area (Å²) in [6.07, 6.45) is 1.96. The summed E-state index contributed by atoms with van der Waals surface area (Å²) in [7, 11) is 1.58. The Morgan fingerprint density at radius 2 is 2.15 bits per heavy atom. The molecule has 3 aliphatic rings. The highest BCUT2D eigenvalue weighted by Crippen LogP contribution is 2.49. The molecular weight excluding hydrogens is 172 g/mol. The molecule has 0 aromatic rings. The number of cyclic esters (lactones) is 1. The highest BCUT2D eigenvalue weighted by molar-refractivity contribution is 5.76. The van der Waals surface area contributed by atoms with Gasteiger partial charge in [0.05, 0.1) is 24.0 Å². The summed E-state index contributed by atoms with van der Waals surface area (Å²) in [5.41, 5.74) is 0. The van der Waals surface area contributed by atoms with Crippen LogP contribution in [0.15, 0.2) is 0 Å². The predicted octanol–water partition coefficient (Wildman–Crippen LogP) is 0.309. The first-order valence-electron chi connectivity index (χ1n) is 4.70. The molecule has 0 N–H and O–H groups in total. The van der Waals surface area contributed by atoms with E-state index in [1.165, 1.54) is 0 Å². The van der Waals surface area contributed by atoms with Crippen LogP contribution in [0, 0.1) is 11.8 Å². The van der Waals surface area contributed by atoms with E-state index in [0.29, 0.717) is 0 Å². The van der Waals surface area contributed by atoms with Gasteiger partial charge >= 0.3 is 5.97 Å². The van der Waals surface area contributed by atoms with Crippen molar-refractivity contribution in [3.05, 3.63) is 0 Å². The standard InChI is InChI=1S/C9H12O4/c1-11-9-7-5-3-2-4(12-5)6(7)8(10)13-9/h4-7,9H,2-3H2,1H3/t4?,5?,6?,7?,9-/m0/s1. The predicted molar refractivity (Wildman–Crippen MR) is 41.8 cm³/mol. The van der Waals surface area contributed by atoms with Crippen molar-refractivity contribution in [3.63, 3.8) is 0 Å². The number of carbonyl (C=O) groups excluding carboxylic acids is 1. The van der Waals surface area contributed by atoms with Crippen LogP contribution in [-0.4, -0.2) is 31.6 Å². The second-order valence-electron chi connectivity index (χ2n) is 3.93. The van der Waals surface area contributed by atoms with Gasteiger partial charge in [-0.05, 0) is 12.8 Å². The summed E-state index contributed by atoms with van der Waals surface area (Å²) in [5.74, 6) is -0.0380. The van der Waals surface area contributed by atoms with E-state index in [1.807, 2.05) is 0 Å². The topological polar surface area (TPSA) is 44.8 Å². The first kappa shape index (κ1) is 7.76. The molecule has 0 radical (unpaired) electrons. The van der Waals surface area contributed by atoms with Gasteiger partial charge < -0.3 is 14.2 Å². The lowest BCUT2D eigenvalue weighted by molar-refractivity contribution is -0.168. The third kappa shape index (κ3) is 0.849. The van der Waals surface area contributed by atoms with Crippen LogP contribution in [-0.2, 0) is 19.0 Å². The second kappa shape index (κ2) is 2.45. The van der Waals surface area contributed by atoms with Gasteiger partial charge in [-0.25, -0.2) is 0 Å². The van der Waals surface area contributed by atoms with Gasteiger partial charge in [0.1, 0.15) is 0 Å². The molecule has 72 valence electrons. The fourth-order valence-electron chi connectivity index (χ4n) is 2.85. The summed E-state index contributed by atoms with van der Waals surface area (Å²) in [6, 6.07) is 0. The van der Waals surface area contributed by atoms with Crippen molar-refractivity contribution >= 4 is 5.97 Å². The number of carbonyl (C=O) groups is 1. The van der Waals surface area contributed by atoms with E-state index in [0.717, 1.165) is 12.8 Å². The summed E-state index contributed by atoms with van der Waals surface area (Å²) in [4.78, 5) is 11.4. The Labute approximate surface area is 76.1 Å². The maximum absolute atomic E-state index is 11.4. The van der Waals surface area contributed by atoms with Crippen LogP contribution < -0.4 is 0 Å². The zero-order valence-electron chi connectivity index (χ0n) is 7.43. The molecule has 3 fully saturated rings. The Bertz CT molecular complexity index is 252. The molecule has 3 heterocycles. The summed E-state index contributed by atoms with van der Waals surface area (Å²) in [5, 5.41) is 0. The van der Waals surface area contributed by atoms with Gasteiger partial charge in [0.15, 0.2) is 0 Å². The Kier molecular flexibility index (Phi) is 1.46. The van der Waals surface area contributed by atoms with Crippen LogP contribution in [0.25, 0.3) is 0 Å². The molecule has 4 heteroatoms. The van der Waals surface area contributed by atoms with E-state index in [4.69, 9.17) is 14.2 Å². The van der Waals surface area contributed by atoms with Crippen LogP contribution in [0.4, 0.5) is 0 Å². The number of hydrogen-bond acceptors (Lipinski definition) is 4. The average molecular weight is 184 g/mol. The lowest BCUT2D eigenvalue weighted by Gasteiger charge is -2.20. The molecule has 3 aliphatic heterocycles. The zero-order valence-corrected chi connectivity index (χ0v) is 7.43. The third-order valence-electron chi connectivity index (χ3n) is 3.38. The van der Waals surface area contributed by atoms with Crippen molar-refractivity contribution in [2.75, 3.05) is 7.11 Å². The molecular formula is C9H12O4. The van der Waals surface area contributed by atoms with Gasteiger partial charge in [-0.3, -0.25) is 4.79 Å². The van der Waals surface area contributed by atoms with Crippen LogP contribution in [0.1, 0.15) is 12.8 Å². The van der Waals surface area contributed by atoms with Crippen molar-refractivity contribution in [2.24, 2.45) is 11.8 Å². The van der Waals surface area contributed by atoms with Gasteiger partial charge in [-0.2, -0.15) is 0 Å². The molecule has 2 bridgehead atoms. The van der Waals surface area contributed by atoms with Gasteiger partial charge in [0.25, 0.3) is 0 Å². The number of hydrogen-bond donors (Lipinski definition) is 0. The van der Waals surface area contributed by atoms with E-state index in [-0.39, 0.29) is 36.3 Å². The summed E-state index contributed by atoms with van der Waals surface area (Å²) >= 11 is 0. The van der Waals surface area contributed by atoms with E-state index < -0.39 is 0 Å². The number of rotatable bonds is 1. The molecule has 13 heavy (non-hydrogen) atoms. The number of ether oxygens (including phenoxy) is 3. The third-order valence-corrected chi connectivity index (χ3v) is 3.38. The molecule has 4 nitrogen and oxygen atoms in total. The molecule has 5 atom stereocenters. The minimum absolute atomic E-state index is 0.0521. The Hall–Kier alpha value is -0.610. The number of fused-ring (bicyclic) bond motifs is 5. The largest absolute Gasteiger partial charge is 0.435 e. The molecule has 4 unspecified atom stereocenters. The highest BCUT2D eigenvalue weighted by atomic mass is 16.7. The summed E-state index contributed by atoms with van der Waals surface area (Å²) < 4.78 is 15.9. The summed E-state index contributed by atoms with van der Waals surface area (Å²) in [6.45, 7) is 0. The van der Waals surface area contributed by atoms with Crippen molar-refractivity contribution in [1.82, 2.24) is 0 Å². The fourth-order valence-corrected chi connectivity index (χ4v) is 2.85. The second-order valence-corrected chi connectivity index (χ2v) is 3.93. The minimum Gasteiger partial charge on any atom is -0.435 e. The average Bonchev–Trinajstić information content (AvgIpc) is 2.76. The highest BCUT2D eigenvalue weighted by Gasteiger charge is 2.61. The Balaban J connectivity index is 1.92. The van der Waals surface area contributed by atoms with Gasteiger partial charge in [-0.15, -0.1) is 0 Å². The molecule has 0 aromatic heterocycles. The maximum Gasteiger partial charge on any atom is 0.314 e. The lowest BCUT2D eigenvalue weighted by Crippen LogP contribution is -2.31. The SMILES string of the molecule is CO[C@H]1OC(=O)C2C3CCC(O3)C21. The van der Waals surface area contributed by atoms with E-state index in [1.54, 1.807) is 7.11 Å². The van der Waals surface area contributed by atoms with Crippen LogP contribution >= 0.6 is 0 Å². The first-order valence-corrected chi connectivity index (χ1v) is 4.70. The van der Waals surface area contributed by atoms with Crippen molar-refractivity contribution in [1.29, 1.82) is 0 Å². The first-order chi connectivity index (χ1) is 6.31. The number of esters is 1. The number of methoxy groups -OCH3 is 1. The molecule has 0 amide bonds.